The van der Waals surface area contributed by atoms with Gasteiger partial charge < -0.3 is 20.1 Å². The highest BCUT2D eigenvalue weighted by molar-refractivity contribution is 5.69. The van der Waals surface area contributed by atoms with Gasteiger partial charge in [0.05, 0.1) is 12.7 Å². The first-order chi connectivity index (χ1) is 15.5. The molecule has 0 heterocycles. The minimum atomic E-state index is -0.937. The second-order valence-corrected chi connectivity index (χ2v) is 7.45. The molecule has 180 valence electrons. The zero-order valence-corrected chi connectivity index (χ0v) is 19.7. The van der Waals surface area contributed by atoms with Crippen molar-refractivity contribution in [1.82, 2.24) is 0 Å². The van der Waals surface area contributed by atoms with E-state index in [9.17, 15) is 20.1 Å². The lowest BCUT2D eigenvalue weighted by Gasteiger charge is -2.08. The number of aliphatic hydroxyl groups excluding tert-OH is 3. The number of allylic oxidation sites excluding steroid dienone is 9. The molecule has 0 aliphatic rings. The summed E-state index contributed by atoms with van der Waals surface area (Å²) < 4.78 is 5.10. The van der Waals surface area contributed by atoms with Gasteiger partial charge >= 0.3 is 5.97 Å². The summed E-state index contributed by atoms with van der Waals surface area (Å²) in [5.74, 6) is -0.381. The van der Waals surface area contributed by atoms with E-state index < -0.39 is 12.2 Å². The molecule has 5 nitrogen and oxygen atoms in total. The second-order valence-electron chi connectivity index (χ2n) is 7.45. The van der Waals surface area contributed by atoms with E-state index in [1.807, 2.05) is 54.7 Å². The van der Waals surface area contributed by atoms with Gasteiger partial charge in [-0.1, -0.05) is 87.4 Å². The molecule has 5 heteroatoms. The molecule has 0 aromatic rings. The average Bonchev–Trinajstić information content (AvgIpc) is 2.77. The number of hydrogen-bond donors (Lipinski definition) is 3. The highest BCUT2D eigenvalue weighted by atomic mass is 16.5. The fourth-order valence-electron chi connectivity index (χ4n) is 2.59. The van der Waals surface area contributed by atoms with Crippen molar-refractivity contribution in [2.24, 2.45) is 0 Å². The van der Waals surface area contributed by atoms with Crippen LogP contribution in [0.1, 0.15) is 71.6 Å². The maximum absolute atomic E-state index is 11.6. The summed E-state index contributed by atoms with van der Waals surface area (Å²) in [6.45, 7) is 4.59. The molecule has 0 saturated heterocycles. The molecular formula is C27H42O5. The van der Waals surface area contributed by atoms with Crippen molar-refractivity contribution in [3.63, 3.8) is 0 Å². The van der Waals surface area contributed by atoms with Gasteiger partial charge in [-0.2, -0.15) is 0 Å². The van der Waals surface area contributed by atoms with Crippen LogP contribution in [0.25, 0.3) is 0 Å². The molecule has 0 bridgehead atoms. The maximum atomic E-state index is 11.6. The summed E-state index contributed by atoms with van der Waals surface area (Å²) >= 11 is 0. The van der Waals surface area contributed by atoms with Gasteiger partial charge in [-0.3, -0.25) is 4.79 Å². The van der Waals surface area contributed by atoms with Gasteiger partial charge in [0.2, 0.25) is 0 Å². The Morgan fingerprint density at radius 1 is 0.906 bits per heavy atom. The third-order valence-electron chi connectivity index (χ3n) is 4.47. The molecular weight excluding hydrogens is 404 g/mol. The normalized spacial score (nSPS) is 15.1. The molecule has 2 atom stereocenters. The molecule has 0 radical (unpaired) electrons. The van der Waals surface area contributed by atoms with E-state index in [0.717, 1.165) is 25.7 Å². The quantitative estimate of drug-likeness (QED) is 0.0787. The largest absolute Gasteiger partial charge is 0.510 e. The van der Waals surface area contributed by atoms with Crippen LogP contribution in [0.15, 0.2) is 72.6 Å². The van der Waals surface area contributed by atoms with Crippen LogP contribution in [0.3, 0.4) is 0 Å². The Labute approximate surface area is 194 Å². The van der Waals surface area contributed by atoms with Crippen LogP contribution in [0.2, 0.25) is 0 Å². The van der Waals surface area contributed by atoms with E-state index >= 15 is 0 Å². The van der Waals surface area contributed by atoms with E-state index in [4.69, 9.17) is 4.74 Å². The van der Waals surface area contributed by atoms with Crippen LogP contribution in [-0.2, 0) is 9.53 Å². The van der Waals surface area contributed by atoms with Gasteiger partial charge in [0.15, 0.2) is 0 Å². The molecule has 0 rings (SSSR count). The summed E-state index contributed by atoms with van der Waals surface area (Å²) in [6.07, 6.45) is 25.1. The molecule has 0 spiro atoms. The van der Waals surface area contributed by atoms with Crippen molar-refractivity contribution in [2.75, 3.05) is 6.61 Å². The van der Waals surface area contributed by atoms with Gasteiger partial charge in [-0.05, 0) is 44.6 Å². The first kappa shape index (κ1) is 29.6. The smallest absolute Gasteiger partial charge is 0.306 e. The predicted molar refractivity (Wildman–Crippen MR) is 132 cm³/mol. The Hall–Kier alpha value is -2.37. The van der Waals surface area contributed by atoms with E-state index in [1.54, 1.807) is 6.08 Å². The molecule has 0 aromatic heterocycles. The summed E-state index contributed by atoms with van der Waals surface area (Å²) in [5, 5.41) is 29.6. The number of hydrogen-bond acceptors (Lipinski definition) is 5. The lowest BCUT2D eigenvalue weighted by molar-refractivity contribution is -0.143. The maximum Gasteiger partial charge on any atom is 0.306 e. The number of esters is 1. The first-order valence-corrected chi connectivity index (χ1v) is 11.7. The molecule has 0 aromatic carbocycles. The molecule has 0 aliphatic heterocycles. The lowest BCUT2D eigenvalue weighted by atomic mass is 10.1. The van der Waals surface area contributed by atoms with Crippen molar-refractivity contribution >= 4 is 5.97 Å². The van der Waals surface area contributed by atoms with Crippen LogP contribution in [0.5, 0.6) is 0 Å². The van der Waals surface area contributed by atoms with Gasteiger partial charge in [0, 0.05) is 6.42 Å². The zero-order chi connectivity index (χ0) is 23.9. The van der Waals surface area contributed by atoms with E-state index in [1.165, 1.54) is 6.08 Å². The molecule has 0 amide bonds. The van der Waals surface area contributed by atoms with Gasteiger partial charge in [0.25, 0.3) is 0 Å². The summed E-state index contributed by atoms with van der Waals surface area (Å²) in [6, 6.07) is 0. The van der Waals surface area contributed by atoms with Crippen molar-refractivity contribution < 1.29 is 24.9 Å². The second kappa shape index (κ2) is 21.8. The monoisotopic (exact) mass is 446 g/mol. The summed E-state index contributed by atoms with van der Waals surface area (Å²) in [7, 11) is 0. The topological polar surface area (TPSA) is 87.0 Å². The number of unbranched alkanes of at least 4 members (excludes halogenated alkanes) is 2. The van der Waals surface area contributed by atoms with E-state index in [2.05, 4.69) is 13.8 Å². The Morgan fingerprint density at radius 3 is 2.34 bits per heavy atom. The summed E-state index contributed by atoms with van der Waals surface area (Å²) in [5.41, 5.74) is 0. The standard InChI is InChI=1S/C27H42O5/c1-3-5-13-18-24(28)19-14-11-9-7-8-10-12-15-20-25(29)26(30)21-17-22-27(31)32-23-16-6-4-2/h5,7-14,19,21,24-25,28-30H,3-4,6,15-18,20,22-23H2,1-2H3/b8-7+,11-9-,12-10+,13-5-,19-14+,26-21+/t24-,25+/m1/s1. The molecule has 0 saturated carbocycles. The Kier molecular flexibility index (Phi) is 20.2. The number of rotatable bonds is 18. The molecule has 32 heavy (non-hydrogen) atoms. The molecule has 0 fully saturated rings. The average molecular weight is 447 g/mol. The van der Waals surface area contributed by atoms with E-state index in [-0.39, 0.29) is 18.1 Å². The molecule has 3 N–H and O–H groups in total. The Morgan fingerprint density at radius 2 is 1.62 bits per heavy atom. The van der Waals surface area contributed by atoms with Crippen molar-refractivity contribution in [3.05, 3.63) is 72.6 Å². The van der Waals surface area contributed by atoms with Gasteiger partial charge in [-0.15, -0.1) is 0 Å². The lowest BCUT2D eigenvalue weighted by Crippen LogP contribution is -2.10. The fraction of sp³-hybridized carbons (Fsp3) is 0.519. The minimum absolute atomic E-state index is 0.102. The number of carbonyl (C=O) groups excluding carboxylic acids is 1. The third kappa shape index (κ3) is 19.6. The van der Waals surface area contributed by atoms with Crippen LogP contribution in [0.4, 0.5) is 0 Å². The Bertz CT molecular complexity index is 640. The number of carbonyl (C=O) groups is 1. The number of aliphatic hydroxyl groups is 3. The van der Waals surface area contributed by atoms with Crippen molar-refractivity contribution in [3.8, 4) is 0 Å². The van der Waals surface area contributed by atoms with Gasteiger partial charge in [0.1, 0.15) is 11.9 Å². The molecule has 0 aliphatic carbocycles. The van der Waals surface area contributed by atoms with Crippen molar-refractivity contribution in [2.45, 2.75) is 83.8 Å². The summed E-state index contributed by atoms with van der Waals surface area (Å²) in [4.78, 5) is 11.6. The van der Waals surface area contributed by atoms with E-state index in [0.29, 0.717) is 32.3 Å². The first-order valence-electron chi connectivity index (χ1n) is 11.7. The zero-order valence-electron chi connectivity index (χ0n) is 19.7. The molecule has 0 unspecified atom stereocenters. The number of ether oxygens (including phenoxy) is 1. The van der Waals surface area contributed by atoms with Crippen LogP contribution >= 0.6 is 0 Å². The SMILES string of the molecule is CC/C=C\C[C@@H](O)/C=C/C=C\C=C\C=C\CC[C@H](O)/C(O)=C\CCC(=O)OCCCCC. The van der Waals surface area contributed by atoms with Crippen molar-refractivity contribution in [1.29, 1.82) is 0 Å². The van der Waals surface area contributed by atoms with Crippen LogP contribution in [-0.4, -0.2) is 40.1 Å². The third-order valence-corrected chi connectivity index (χ3v) is 4.47. The minimum Gasteiger partial charge on any atom is -0.510 e. The van der Waals surface area contributed by atoms with Gasteiger partial charge in [-0.25, -0.2) is 0 Å². The highest BCUT2D eigenvalue weighted by Gasteiger charge is 2.08. The van der Waals surface area contributed by atoms with Crippen LogP contribution < -0.4 is 0 Å². The fourth-order valence-corrected chi connectivity index (χ4v) is 2.59. The highest BCUT2D eigenvalue weighted by Crippen LogP contribution is 2.09. The predicted octanol–water partition coefficient (Wildman–Crippen LogP) is 6.03. The van der Waals surface area contributed by atoms with Crippen LogP contribution in [0, 0.1) is 0 Å². The Balaban J connectivity index is 3.98.